The first-order chi connectivity index (χ1) is 6.20. The fourth-order valence-electron chi connectivity index (χ4n) is 1.12. The van der Waals surface area contributed by atoms with E-state index in [0.717, 1.165) is 25.7 Å². The van der Waals surface area contributed by atoms with Gasteiger partial charge >= 0.3 is 0 Å². The van der Waals surface area contributed by atoms with Crippen molar-refractivity contribution in [1.82, 2.24) is 0 Å². The average molecular weight is 180 g/mol. The number of hydrogen-bond acceptors (Lipinski definition) is 1. The molecule has 0 unspecified atom stereocenters. The van der Waals surface area contributed by atoms with Crippen molar-refractivity contribution in [3.63, 3.8) is 0 Å². The lowest BCUT2D eigenvalue weighted by molar-refractivity contribution is -0.110. The van der Waals surface area contributed by atoms with E-state index in [1.54, 1.807) is 12.2 Å². The van der Waals surface area contributed by atoms with Crippen molar-refractivity contribution in [2.24, 2.45) is 0 Å². The monoisotopic (exact) mass is 180 g/mol. The molecular weight excluding hydrogens is 160 g/mol. The quantitative estimate of drug-likeness (QED) is 0.570. The average Bonchev–Trinajstić information content (AvgIpc) is 2.05. The number of carbonyl (C=O) groups excluding carboxylic acids is 1. The van der Waals surface area contributed by atoms with Gasteiger partial charge in [-0.2, -0.15) is 0 Å². The maximum atomic E-state index is 11.2. The first kappa shape index (κ1) is 12.2. The van der Waals surface area contributed by atoms with Crippen molar-refractivity contribution in [3.05, 3.63) is 23.8 Å². The van der Waals surface area contributed by atoms with Gasteiger partial charge in [-0.05, 0) is 31.9 Å². The van der Waals surface area contributed by atoms with Gasteiger partial charge in [0.2, 0.25) is 0 Å². The lowest BCUT2D eigenvalue weighted by atomic mass is 10.1. The third-order valence-corrected chi connectivity index (χ3v) is 1.77. The molecule has 0 amide bonds. The number of carbonyl (C=O) groups is 1. The molecule has 0 aliphatic carbocycles. The van der Waals surface area contributed by atoms with Gasteiger partial charge in [-0.15, -0.1) is 0 Å². The Kier molecular flexibility index (Phi) is 7.27. The molecule has 0 fully saturated rings. The third-order valence-electron chi connectivity index (χ3n) is 1.77. The van der Waals surface area contributed by atoms with Crippen LogP contribution in [-0.4, -0.2) is 5.78 Å². The van der Waals surface area contributed by atoms with E-state index in [4.69, 9.17) is 0 Å². The van der Waals surface area contributed by atoms with Crippen molar-refractivity contribution < 1.29 is 4.79 Å². The van der Waals surface area contributed by atoms with Gasteiger partial charge in [-0.3, -0.25) is 4.79 Å². The zero-order valence-corrected chi connectivity index (χ0v) is 8.97. The molecular formula is C12H20O. The summed E-state index contributed by atoms with van der Waals surface area (Å²) in [6.07, 6.45) is 9.56. The molecule has 0 heterocycles. The molecule has 0 N–H and O–H groups in total. The predicted octanol–water partition coefficient (Wildman–Crippen LogP) is 3.66. The number of allylic oxidation sites excluding steroid dienone is 4. The van der Waals surface area contributed by atoms with E-state index in [-0.39, 0.29) is 5.78 Å². The molecule has 0 radical (unpaired) electrons. The molecule has 0 saturated carbocycles. The van der Waals surface area contributed by atoms with Crippen LogP contribution in [0.15, 0.2) is 23.8 Å². The van der Waals surface area contributed by atoms with Gasteiger partial charge in [-0.1, -0.05) is 38.3 Å². The molecule has 0 aromatic carbocycles. The Morgan fingerprint density at radius 2 is 1.92 bits per heavy atom. The molecule has 0 aliphatic heterocycles. The van der Waals surface area contributed by atoms with Crippen LogP contribution in [0, 0.1) is 0 Å². The highest BCUT2D eigenvalue weighted by Crippen LogP contribution is 2.03. The van der Waals surface area contributed by atoms with Crippen molar-refractivity contribution >= 4 is 5.78 Å². The molecule has 0 saturated heterocycles. The summed E-state index contributed by atoms with van der Waals surface area (Å²) in [6, 6.07) is 0. The van der Waals surface area contributed by atoms with E-state index >= 15 is 0 Å². The summed E-state index contributed by atoms with van der Waals surface area (Å²) < 4.78 is 0. The molecule has 0 atom stereocenters. The Morgan fingerprint density at radius 3 is 2.46 bits per heavy atom. The summed E-state index contributed by atoms with van der Waals surface area (Å²) in [5.41, 5.74) is 1.17. The molecule has 0 rings (SSSR count). The van der Waals surface area contributed by atoms with Gasteiger partial charge in [0.15, 0.2) is 5.78 Å². The van der Waals surface area contributed by atoms with Crippen molar-refractivity contribution in [3.8, 4) is 0 Å². The lowest BCUT2D eigenvalue weighted by Gasteiger charge is -1.94. The largest absolute Gasteiger partial charge is 0.290 e. The van der Waals surface area contributed by atoms with E-state index in [1.165, 1.54) is 5.57 Å². The second kappa shape index (κ2) is 7.78. The fraction of sp³-hybridized carbons (Fsp3) is 0.583. The van der Waals surface area contributed by atoms with Gasteiger partial charge < -0.3 is 0 Å². The molecule has 0 spiro atoms. The Balaban J connectivity index is 3.91. The van der Waals surface area contributed by atoms with E-state index in [1.807, 2.05) is 13.0 Å². The van der Waals surface area contributed by atoms with Crippen LogP contribution in [0.3, 0.4) is 0 Å². The summed E-state index contributed by atoms with van der Waals surface area (Å²) in [5, 5.41) is 0. The Morgan fingerprint density at radius 1 is 1.23 bits per heavy atom. The van der Waals surface area contributed by atoms with Gasteiger partial charge in [0.25, 0.3) is 0 Å². The van der Waals surface area contributed by atoms with Crippen LogP contribution in [0.5, 0.6) is 0 Å². The summed E-state index contributed by atoms with van der Waals surface area (Å²) in [7, 11) is 0. The highest BCUT2D eigenvalue weighted by atomic mass is 16.1. The molecule has 74 valence electrons. The standard InChI is InChI=1S/C12H20O/c1-4-6-7-9-12(13)10-11(3)8-5-2/h7,9-10H,4-6,8H2,1-3H3/b9-7?,11-10+. The van der Waals surface area contributed by atoms with Crippen LogP contribution in [-0.2, 0) is 4.79 Å². The molecule has 0 aromatic heterocycles. The smallest absolute Gasteiger partial charge is 0.178 e. The molecule has 0 aromatic rings. The fourth-order valence-corrected chi connectivity index (χ4v) is 1.12. The third kappa shape index (κ3) is 7.51. The normalized spacial score (nSPS) is 12.4. The lowest BCUT2D eigenvalue weighted by Crippen LogP contribution is -1.88. The maximum Gasteiger partial charge on any atom is 0.178 e. The number of unbranched alkanes of at least 4 members (excludes halogenated alkanes) is 1. The minimum absolute atomic E-state index is 0.124. The summed E-state index contributed by atoms with van der Waals surface area (Å²) in [6.45, 7) is 6.23. The Labute approximate surface area is 81.5 Å². The first-order valence-electron chi connectivity index (χ1n) is 5.08. The van der Waals surface area contributed by atoms with E-state index in [0.29, 0.717) is 0 Å². The van der Waals surface area contributed by atoms with Gasteiger partial charge in [-0.25, -0.2) is 0 Å². The second-order valence-electron chi connectivity index (χ2n) is 3.33. The number of rotatable bonds is 6. The van der Waals surface area contributed by atoms with Crippen molar-refractivity contribution in [2.75, 3.05) is 0 Å². The Bertz CT molecular complexity index is 199. The van der Waals surface area contributed by atoms with Crippen LogP contribution in [0.4, 0.5) is 0 Å². The minimum Gasteiger partial charge on any atom is -0.290 e. The molecule has 1 heteroatoms. The summed E-state index contributed by atoms with van der Waals surface area (Å²) in [5.74, 6) is 0.124. The van der Waals surface area contributed by atoms with Crippen LogP contribution in [0.1, 0.15) is 46.5 Å². The highest BCUT2D eigenvalue weighted by Gasteiger charge is 1.92. The minimum atomic E-state index is 0.124. The summed E-state index contributed by atoms with van der Waals surface area (Å²) in [4.78, 5) is 11.2. The Hall–Kier alpha value is -0.850. The van der Waals surface area contributed by atoms with Crippen LogP contribution >= 0.6 is 0 Å². The van der Waals surface area contributed by atoms with Crippen molar-refractivity contribution in [2.45, 2.75) is 46.5 Å². The van der Waals surface area contributed by atoms with Gasteiger partial charge in [0.1, 0.15) is 0 Å². The number of ketones is 1. The molecule has 0 bridgehead atoms. The zero-order valence-electron chi connectivity index (χ0n) is 8.97. The van der Waals surface area contributed by atoms with E-state index in [9.17, 15) is 4.79 Å². The van der Waals surface area contributed by atoms with Gasteiger partial charge in [0, 0.05) is 0 Å². The predicted molar refractivity (Wildman–Crippen MR) is 57.7 cm³/mol. The second-order valence-corrected chi connectivity index (χ2v) is 3.33. The number of hydrogen-bond donors (Lipinski definition) is 0. The SMILES string of the molecule is CCCC=CC(=O)/C=C(\C)CCC. The van der Waals surface area contributed by atoms with Crippen LogP contribution in [0.25, 0.3) is 0 Å². The van der Waals surface area contributed by atoms with Crippen LogP contribution < -0.4 is 0 Å². The first-order valence-corrected chi connectivity index (χ1v) is 5.08. The van der Waals surface area contributed by atoms with Crippen LogP contribution in [0.2, 0.25) is 0 Å². The highest BCUT2D eigenvalue weighted by molar-refractivity contribution is 5.99. The molecule has 13 heavy (non-hydrogen) atoms. The molecule has 1 nitrogen and oxygen atoms in total. The van der Waals surface area contributed by atoms with Crippen molar-refractivity contribution in [1.29, 1.82) is 0 Å². The zero-order chi connectivity index (χ0) is 10.1. The van der Waals surface area contributed by atoms with Gasteiger partial charge in [0.05, 0.1) is 0 Å². The van der Waals surface area contributed by atoms with E-state index in [2.05, 4.69) is 13.8 Å². The maximum absolute atomic E-state index is 11.2. The topological polar surface area (TPSA) is 17.1 Å². The summed E-state index contributed by atoms with van der Waals surface area (Å²) >= 11 is 0. The van der Waals surface area contributed by atoms with E-state index < -0.39 is 0 Å². The molecule has 0 aliphatic rings.